The standard InChI is InChI=1S/C20H24ClNO.C20H20O.C19H22ClNO.C18H19NO2/c1-2-3-6-13-11-16(17-12-14(22)9-10-18(17)21)15-7-4-5-8-19(23)20(13)15;1-13-11-18(17-7-2-3-8-19(21)20(13)17)16-10-9-14-5-4-6-15(14)12-16;1-2-5-12-10-15(16-11-13(21)8-9-17(16)20)14-6-3-4-7-18(22)19(12)14;1-11-9-15(12-5-4-6-13(10-12)18(19)21)14-7-2-3-8-16(20)17(11)14/h9-10,12H,2-8,11,22H2,1H3;4-5,9-10,12H,2-3,6-8,11H2,1H3;8-9,11H,2-7,10,21H2,1H3;4-6,10H,2-3,7-9H2,1H3,(H2,19,21). The maximum Gasteiger partial charge on any atom is 0.248 e. The Hall–Kier alpha value is -7.13. The fourth-order valence-corrected chi connectivity index (χ4v) is 15.3. The second kappa shape index (κ2) is 28.4. The van der Waals surface area contributed by atoms with E-state index in [-0.39, 0.29) is 5.78 Å². The molecular formula is C77H85Cl2N3O5. The summed E-state index contributed by atoms with van der Waals surface area (Å²) in [4.78, 5) is 61.2. The van der Waals surface area contributed by atoms with Gasteiger partial charge < -0.3 is 17.2 Å². The van der Waals surface area contributed by atoms with Crippen LogP contribution in [0.15, 0.2) is 152 Å². The fraction of sp³-hybridized carbons (Fsp3) is 0.390. The molecule has 10 heteroatoms. The monoisotopic (exact) mass is 1200 g/mol. The normalized spacial score (nSPS) is 19.2. The molecule has 452 valence electrons. The van der Waals surface area contributed by atoms with Gasteiger partial charge in [-0.3, -0.25) is 24.0 Å². The number of allylic oxidation sites excluding steroid dienone is 17. The molecule has 0 aliphatic heterocycles. The number of carbonyl (C=O) groups is 5. The van der Waals surface area contributed by atoms with E-state index in [1.807, 2.05) is 61.5 Å². The highest BCUT2D eigenvalue weighted by molar-refractivity contribution is 6.33. The first-order chi connectivity index (χ1) is 42.0. The molecule has 9 aliphatic carbocycles. The molecule has 6 N–H and O–H groups in total. The molecular weight excluding hydrogens is 1120 g/mol. The number of nitrogens with two attached hydrogens (primary N) is 3. The highest BCUT2D eigenvalue weighted by Gasteiger charge is 2.35. The van der Waals surface area contributed by atoms with Crippen molar-refractivity contribution < 1.29 is 24.0 Å². The van der Waals surface area contributed by atoms with Gasteiger partial charge in [-0.05, 0) is 269 Å². The number of unbranched alkanes of at least 4 members (excludes halogenated alkanes) is 1. The minimum absolute atomic E-state index is 0.279. The number of rotatable bonds is 10. The second-order valence-corrected chi connectivity index (χ2v) is 25.9. The quantitative estimate of drug-likeness (QED) is 0.133. The number of primary amides is 1. The largest absolute Gasteiger partial charge is 0.399 e. The molecule has 8 nitrogen and oxygen atoms in total. The molecule has 4 saturated carbocycles. The lowest BCUT2D eigenvalue weighted by atomic mass is 9.94. The number of nitrogen functional groups attached to an aromatic ring is 2. The summed E-state index contributed by atoms with van der Waals surface area (Å²) in [5.41, 5.74) is 45.6. The molecule has 0 radical (unpaired) electrons. The number of Topliss-reactive ketones (excluding diaryl/α,β-unsaturated/α-hetero) is 4. The van der Waals surface area contributed by atoms with Crippen LogP contribution in [0.25, 0.3) is 28.4 Å². The third kappa shape index (κ3) is 13.9. The van der Waals surface area contributed by atoms with Crippen LogP contribution in [0.5, 0.6) is 0 Å². The van der Waals surface area contributed by atoms with E-state index in [2.05, 4.69) is 51.1 Å². The number of benzene rings is 4. The SMILES string of the molecule is CC1=C2C(=O)CCCCC2=C(c2ccc3c(c2)CC=C3)C1.CC1=C2C(=O)CCCCC2=C(c2cccc(C(N)=O)c2)C1.CCCC1=C2C(=O)CCCCC2=C(c2cc(N)ccc2Cl)C1.CCCCC1=C2C(=O)CCCCC2=C(c2cc(N)ccc2Cl)C1. The minimum Gasteiger partial charge on any atom is -0.399 e. The van der Waals surface area contributed by atoms with Gasteiger partial charge in [-0.2, -0.15) is 0 Å². The van der Waals surface area contributed by atoms with Crippen molar-refractivity contribution >= 4 is 92.0 Å². The zero-order chi connectivity index (χ0) is 61.5. The predicted molar refractivity (Wildman–Crippen MR) is 360 cm³/mol. The number of amides is 1. The van der Waals surface area contributed by atoms with Crippen LogP contribution in [0.3, 0.4) is 0 Å². The molecule has 0 unspecified atom stereocenters. The predicted octanol–water partition coefficient (Wildman–Crippen LogP) is 19.3. The Morgan fingerprint density at radius 3 is 1.39 bits per heavy atom. The van der Waals surface area contributed by atoms with Crippen LogP contribution in [0.2, 0.25) is 10.0 Å². The molecule has 0 aromatic heterocycles. The molecule has 4 aromatic carbocycles. The van der Waals surface area contributed by atoms with Crippen LogP contribution in [0.4, 0.5) is 11.4 Å². The lowest BCUT2D eigenvalue weighted by Crippen LogP contribution is -2.10. The number of anilines is 2. The number of hydrogen-bond donors (Lipinski definition) is 3. The number of hydrogen-bond acceptors (Lipinski definition) is 7. The summed E-state index contributed by atoms with van der Waals surface area (Å²) in [5, 5.41) is 1.46. The van der Waals surface area contributed by atoms with E-state index >= 15 is 0 Å². The Labute approximate surface area is 525 Å². The first kappa shape index (κ1) is 62.9. The van der Waals surface area contributed by atoms with Gasteiger partial charge in [0.25, 0.3) is 0 Å². The zero-order valence-corrected chi connectivity index (χ0v) is 53.1. The summed E-state index contributed by atoms with van der Waals surface area (Å²) >= 11 is 12.9. The molecule has 9 aliphatic rings. The summed E-state index contributed by atoms with van der Waals surface area (Å²) in [7, 11) is 0. The Balaban J connectivity index is 0.000000128. The molecule has 0 heterocycles. The van der Waals surface area contributed by atoms with E-state index in [1.54, 1.807) is 6.07 Å². The molecule has 0 atom stereocenters. The van der Waals surface area contributed by atoms with Gasteiger partial charge in [-0.1, -0.05) is 115 Å². The number of halogens is 2. The van der Waals surface area contributed by atoms with Crippen molar-refractivity contribution in [3.05, 3.63) is 201 Å². The first-order valence-corrected chi connectivity index (χ1v) is 33.0. The van der Waals surface area contributed by atoms with E-state index in [4.69, 9.17) is 40.4 Å². The Bertz CT molecular complexity index is 3790. The van der Waals surface area contributed by atoms with Gasteiger partial charge in [0.15, 0.2) is 23.1 Å². The van der Waals surface area contributed by atoms with Crippen molar-refractivity contribution in [1.29, 1.82) is 0 Å². The van der Waals surface area contributed by atoms with E-state index in [0.717, 1.165) is 214 Å². The van der Waals surface area contributed by atoms with Crippen molar-refractivity contribution in [2.24, 2.45) is 5.73 Å². The summed E-state index contributed by atoms with van der Waals surface area (Å²) in [6.45, 7) is 8.54. The van der Waals surface area contributed by atoms with Crippen LogP contribution in [-0.2, 0) is 25.6 Å². The van der Waals surface area contributed by atoms with Gasteiger partial charge in [0.05, 0.1) is 0 Å². The Morgan fingerprint density at radius 2 is 0.920 bits per heavy atom. The van der Waals surface area contributed by atoms with Gasteiger partial charge in [0.1, 0.15) is 0 Å². The minimum atomic E-state index is -0.415. The van der Waals surface area contributed by atoms with Crippen LogP contribution >= 0.6 is 23.2 Å². The fourth-order valence-electron chi connectivity index (χ4n) is 14.8. The number of carbonyl (C=O) groups excluding carboxylic acids is 5. The van der Waals surface area contributed by atoms with Crippen molar-refractivity contribution in [2.45, 2.75) is 195 Å². The molecule has 4 aromatic rings. The highest BCUT2D eigenvalue weighted by Crippen LogP contribution is 2.50. The average molecular weight is 1200 g/mol. The summed E-state index contributed by atoms with van der Waals surface area (Å²) in [6.07, 6.45) is 29.4. The maximum atomic E-state index is 12.6. The molecule has 4 fully saturated rings. The maximum absolute atomic E-state index is 12.6. The summed E-state index contributed by atoms with van der Waals surface area (Å²) in [5.74, 6) is 0.894. The molecule has 0 spiro atoms. The smallest absolute Gasteiger partial charge is 0.248 e. The topological polar surface area (TPSA) is 163 Å². The van der Waals surface area contributed by atoms with Gasteiger partial charge in [0, 0.05) is 75.0 Å². The third-order valence-corrected chi connectivity index (χ3v) is 19.6. The van der Waals surface area contributed by atoms with Crippen LogP contribution in [0.1, 0.15) is 232 Å². The molecule has 13 rings (SSSR count). The van der Waals surface area contributed by atoms with Gasteiger partial charge >= 0.3 is 0 Å². The molecule has 0 bridgehead atoms. The number of ketones is 4. The van der Waals surface area contributed by atoms with E-state index in [9.17, 15) is 24.0 Å². The Morgan fingerprint density at radius 1 is 0.471 bits per heavy atom. The van der Waals surface area contributed by atoms with Gasteiger partial charge in [-0.15, -0.1) is 0 Å². The molecule has 87 heavy (non-hydrogen) atoms. The summed E-state index contributed by atoms with van der Waals surface area (Å²) < 4.78 is 0. The average Bonchev–Trinajstić information content (AvgIpc) is 1.98. The van der Waals surface area contributed by atoms with E-state index in [0.29, 0.717) is 42.2 Å². The van der Waals surface area contributed by atoms with Gasteiger partial charge in [0.2, 0.25) is 5.91 Å². The first-order valence-electron chi connectivity index (χ1n) is 32.2. The van der Waals surface area contributed by atoms with Crippen molar-refractivity contribution in [3.8, 4) is 0 Å². The van der Waals surface area contributed by atoms with Gasteiger partial charge in [-0.25, -0.2) is 0 Å². The summed E-state index contributed by atoms with van der Waals surface area (Å²) in [6, 6.07) is 25.5. The van der Waals surface area contributed by atoms with Crippen molar-refractivity contribution in [3.63, 3.8) is 0 Å². The Kier molecular flexibility index (Phi) is 20.5. The van der Waals surface area contributed by atoms with Crippen molar-refractivity contribution in [1.82, 2.24) is 0 Å². The third-order valence-electron chi connectivity index (χ3n) is 19.0. The van der Waals surface area contributed by atoms with E-state index in [1.165, 1.54) is 78.0 Å². The van der Waals surface area contributed by atoms with E-state index < -0.39 is 5.91 Å². The number of fused-ring (bicyclic) bond motifs is 5. The van der Waals surface area contributed by atoms with Crippen molar-refractivity contribution in [2.75, 3.05) is 11.5 Å². The highest BCUT2D eigenvalue weighted by atomic mass is 35.5. The molecule has 1 amide bonds. The lowest BCUT2D eigenvalue weighted by Gasteiger charge is -2.11. The zero-order valence-electron chi connectivity index (χ0n) is 51.6. The lowest BCUT2D eigenvalue weighted by molar-refractivity contribution is -0.116. The van der Waals surface area contributed by atoms with Crippen LogP contribution < -0.4 is 17.2 Å². The second-order valence-electron chi connectivity index (χ2n) is 25.1. The molecule has 0 saturated heterocycles. The van der Waals surface area contributed by atoms with Crippen LogP contribution in [0, 0.1) is 0 Å². The van der Waals surface area contributed by atoms with Crippen LogP contribution in [-0.4, -0.2) is 29.0 Å².